The molecule has 2 atom stereocenters. The molecule has 1 heteroatoms. The lowest BCUT2D eigenvalue weighted by Crippen LogP contribution is -2.18. The van der Waals surface area contributed by atoms with Gasteiger partial charge < -0.3 is 0 Å². The van der Waals surface area contributed by atoms with Crippen LogP contribution in [0.2, 0.25) is 0 Å². The van der Waals surface area contributed by atoms with Crippen LogP contribution in [0.4, 0.5) is 4.39 Å². The van der Waals surface area contributed by atoms with Crippen LogP contribution in [0.1, 0.15) is 24.8 Å². The first kappa shape index (κ1) is 6.64. The molecule has 2 saturated carbocycles. The summed E-state index contributed by atoms with van der Waals surface area (Å²) in [6.07, 6.45) is 4.05. The molecule has 0 radical (unpaired) electrons. The highest BCUT2D eigenvalue weighted by atomic mass is 19.1. The van der Waals surface area contributed by atoms with Crippen LogP contribution in [0, 0.1) is 11.7 Å². The Bertz CT molecular complexity index is 310. The second-order valence-electron chi connectivity index (χ2n) is 4.10. The molecule has 0 aliphatic heterocycles. The van der Waals surface area contributed by atoms with Crippen LogP contribution in [0.15, 0.2) is 24.3 Å². The SMILES string of the molecule is Fc1ccc(C23CCC2C3)cc1. The van der Waals surface area contributed by atoms with Gasteiger partial charge in [0.25, 0.3) is 0 Å². The fraction of sp³-hybridized carbons (Fsp3) is 0.455. The van der Waals surface area contributed by atoms with E-state index in [0.29, 0.717) is 5.41 Å². The average Bonchev–Trinajstić information content (AvgIpc) is 2.57. The van der Waals surface area contributed by atoms with Crippen molar-refractivity contribution in [2.45, 2.75) is 24.7 Å². The minimum absolute atomic E-state index is 0.119. The minimum Gasteiger partial charge on any atom is -0.207 e. The molecule has 2 aliphatic carbocycles. The standard InChI is InChI=1S/C11H11F/c12-10-3-1-8(2-4-10)11-6-5-9(11)7-11/h1-4,9H,5-7H2. The van der Waals surface area contributed by atoms with Crippen molar-refractivity contribution >= 4 is 0 Å². The van der Waals surface area contributed by atoms with Crippen molar-refractivity contribution in [3.63, 3.8) is 0 Å². The zero-order valence-electron chi connectivity index (χ0n) is 6.89. The van der Waals surface area contributed by atoms with Crippen molar-refractivity contribution in [3.05, 3.63) is 35.6 Å². The van der Waals surface area contributed by atoms with Crippen LogP contribution in [0.25, 0.3) is 0 Å². The summed E-state index contributed by atoms with van der Waals surface area (Å²) in [5.74, 6) is 0.814. The molecular weight excluding hydrogens is 151 g/mol. The Labute approximate surface area is 71.4 Å². The van der Waals surface area contributed by atoms with Gasteiger partial charge in [-0.1, -0.05) is 12.1 Å². The molecule has 0 nitrogen and oxygen atoms in total. The quantitative estimate of drug-likeness (QED) is 0.595. The third-order valence-corrected chi connectivity index (χ3v) is 3.59. The predicted molar refractivity (Wildman–Crippen MR) is 45.4 cm³/mol. The van der Waals surface area contributed by atoms with Gasteiger partial charge in [0, 0.05) is 0 Å². The zero-order valence-corrected chi connectivity index (χ0v) is 6.89. The van der Waals surface area contributed by atoms with E-state index >= 15 is 0 Å². The number of fused-ring (bicyclic) bond motifs is 1. The molecule has 2 unspecified atom stereocenters. The summed E-state index contributed by atoms with van der Waals surface area (Å²) in [5.41, 5.74) is 1.87. The third-order valence-electron chi connectivity index (χ3n) is 3.59. The Morgan fingerprint density at radius 1 is 1.25 bits per heavy atom. The highest BCUT2D eigenvalue weighted by Crippen LogP contribution is 2.68. The Balaban J connectivity index is 1.98. The van der Waals surface area contributed by atoms with Crippen molar-refractivity contribution in [3.8, 4) is 0 Å². The molecule has 0 amide bonds. The zero-order chi connectivity index (χ0) is 8.18. The Kier molecular flexibility index (Phi) is 1.05. The molecule has 1 aromatic carbocycles. The van der Waals surface area contributed by atoms with E-state index in [4.69, 9.17) is 0 Å². The first-order chi connectivity index (χ1) is 5.81. The van der Waals surface area contributed by atoms with E-state index in [9.17, 15) is 4.39 Å². The summed E-state index contributed by atoms with van der Waals surface area (Å²) >= 11 is 0. The van der Waals surface area contributed by atoms with Crippen molar-refractivity contribution in [1.29, 1.82) is 0 Å². The molecule has 0 heterocycles. The third kappa shape index (κ3) is 0.669. The molecule has 3 rings (SSSR count). The average molecular weight is 162 g/mol. The van der Waals surface area contributed by atoms with Crippen molar-refractivity contribution < 1.29 is 4.39 Å². The van der Waals surface area contributed by atoms with Gasteiger partial charge in [-0.15, -0.1) is 0 Å². The van der Waals surface area contributed by atoms with Gasteiger partial charge in [-0.3, -0.25) is 0 Å². The van der Waals surface area contributed by atoms with Gasteiger partial charge in [0.2, 0.25) is 0 Å². The van der Waals surface area contributed by atoms with Crippen LogP contribution in [0.3, 0.4) is 0 Å². The second kappa shape index (κ2) is 1.90. The first-order valence-electron chi connectivity index (χ1n) is 4.57. The van der Waals surface area contributed by atoms with Gasteiger partial charge in [-0.25, -0.2) is 4.39 Å². The van der Waals surface area contributed by atoms with Gasteiger partial charge in [-0.05, 0) is 48.3 Å². The minimum atomic E-state index is -0.119. The maximum atomic E-state index is 12.6. The van der Waals surface area contributed by atoms with Crippen molar-refractivity contribution in [2.75, 3.05) is 0 Å². The van der Waals surface area contributed by atoms with Crippen LogP contribution in [-0.4, -0.2) is 0 Å². The van der Waals surface area contributed by atoms with Gasteiger partial charge in [0.1, 0.15) is 5.82 Å². The molecule has 2 fully saturated rings. The summed E-state index contributed by atoms with van der Waals surface area (Å²) in [7, 11) is 0. The number of hydrogen-bond donors (Lipinski definition) is 0. The lowest BCUT2D eigenvalue weighted by Gasteiger charge is -2.25. The van der Waals surface area contributed by atoms with Gasteiger partial charge >= 0.3 is 0 Å². The van der Waals surface area contributed by atoms with Gasteiger partial charge in [0.15, 0.2) is 0 Å². The Morgan fingerprint density at radius 3 is 2.42 bits per heavy atom. The maximum Gasteiger partial charge on any atom is 0.123 e. The lowest BCUT2D eigenvalue weighted by atomic mass is 9.79. The fourth-order valence-electron chi connectivity index (χ4n) is 2.56. The maximum absolute atomic E-state index is 12.6. The summed E-state index contributed by atoms with van der Waals surface area (Å²) in [5, 5.41) is 0. The van der Waals surface area contributed by atoms with Crippen LogP contribution in [-0.2, 0) is 5.41 Å². The number of rotatable bonds is 1. The van der Waals surface area contributed by atoms with Crippen molar-refractivity contribution in [1.82, 2.24) is 0 Å². The van der Waals surface area contributed by atoms with Gasteiger partial charge in [0.05, 0.1) is 0 Å². The molecule has 0 saturated heterocycles. The van der Waals surface area contributed by atoms with Gasteiger partial charge in [-0.2, -0.15) is 0 Å². The van der Waals surface area contributed by atoms with E-state index in [-0.39, 0.29) is 5.82 Å². The van der Waals surface area contributed by atoms with E-state index in [1.807, 2.05) is 12.1 Å². The number of benzene rings is 1. The molecule has 0 N–H and O–H groups in total. The van der Waals surface area contributed by atoms with Crippen LogP contribution >= 0.6 is 0 Å². The first-order valence-corrected chi connectivity index (χ1v) is 4.57. The molecular formula is C11H11F. The largest absolute Gasteiger partial charge is 0.207 e. The summed E-state index contributed by atoms with van der Waals surface area (Å²) in [4.78, 5) is 0. The lowest BCUT2D eigenvalue weighted by molar-refractivity contribution is 0.399. The topological polar surface area (TPSA) is 0 Å². The molecule has 2 aliphatic rings. The van der Waals surface area contributed by atoms with Crippen molar-refractivity contribution in [2.24, 2.45) is 5.92 Å². The van der Waals surface area contributed by atoms with Crippen LogP contribution < -0.4 is 0 Å². The monoisotopic (exact) mass is 162 g/mol. The highest BCUT2D eigenvalue weighted by molar-refractivity contribution is 5.37. The van der Waals surface area contributed by atoms with E-state index < -0.39 is 0 Å². The molecule has 0 spiro atoms. The molecule has 62 valence electrons. The van der Waals surface area contributed by atoms with E-state index in [1.54, 1.807) is 12.1 Å². The number of hydrogen-bond acceptors (Lipinski definition) is 0. The smallest absolute Gasteiger partial charge is 0.123 e. The Morgan fingerprint density at radius 2 is 2.00 bits per heavy atom. The van der Waals surface area contributed by atoms with E-state index in [2.05, 4.69) is 0 Å². The van der Waals surface area contributed by atoms with E-state index in [1.165, 1.54) is 24.8 Å². The summed E-state index contributed by atoms with van der Waals surface area (Å²) in [6, 6.07) is 7.07. The molecule has 0 bridgehead atoms. The molecule has 0 aromatic heterocycles. The molecule has 12 heavy (non-hydrogen) atoms. The molecule has 1 aromatic rings. The van der Waals surface area contributed by atoms with Crippen LogP contribution in [0.5, 0.6) is 0 Å². The predicted octanol–water partition coefficient (Wildman–Crippen LogP) is 2.88. The fourth-order valence-corrected chi connectivity index (χ4v) is 2.56. The number of halogens is 1. The second-order valence-corrected chi connectivity index (χ2v) is 4.10. The summed E-state index contributed by atoms with van der Waals surface area (Å²) < 4.78 is 12.6. The van der Waals surface area contributed by atoms with E-state index in [0.717, 1.165) is 5.92 Å². The Hall–Kier alpha value is -0.850. The highest BCUT2D eigenvalue weighted by Gasteiger charge is 2.61. The normalized spacial score (nSPS) is 36.9. The summed E-state index contributed by atoms with van der Waals surface area (Å²) in [6.45, 7) is 0.